The van der Waals surface area contributed by atoms with E-state index in [0.29, 0.717) is 16.8 Å². The average molecular weight is 423 g/mol. The Morgan fingerprint density at radius 3 is 2.67 bits per heavy atom. The van der Waals surface area contributed by atoms with Gasteiger partial charge in [0.05, 0.1) is 6.57 Å². The number of carbonyl (C=O) groups excluding carboxylic acids is 1. The molecule has 1 N–H and O–H groups in total. The Bertz CT molecular complexity index is 1010. The number of hydrogen-bond donors (Lipinski definition) is 1. The van der Waals surface area contributed by atoms with E-state index >= 15 is 0 Å². The summed E-state index contributed by atoms with van der Waals surface area (Å²) in [6.45, 7) is 16.3. The van der Waals surface area contributed by atoms with Gasteiger partial charge < -0.3 is 10.2 Å². The van der Waals surface area contributed by atoms with Crippen LogP contribution in [0.5, 0.6) is 0 Å². The Balaban J connectivity index is 1.42. The van der Waals surface area contributed by atoms with Gasteiger partial charge in [0, 0.05) is 54.0 Å². The van der Waals surface area contributed by atoms with Gasteiger partial charge in [0.2, 0.25) is 5.69 Å². The fraction of sp³-hybridized carbons (Fsp3) is 0.417. The fourth-order valence-electron chi connectivity index (χ4n) is 4.46. The summed E-state index contributed by atoms with van der Waals surface area (Å²) in [6.07, 6.45) is 0.875. The monoisotopic (exact) mass is 422 g/mol. The van der Waals surface area contributed by atoms with Crippen LogP contribution in [0.15, 0.2) is 36.4 Å². The van der Waals surface area contributed by atoms with E-state index < -0.39 is 0 Å². The topological polar surface area (TPSA) is 39.9 Å². The molecule has 4 rings (SSSR count). The number of nitrogens with one attached hydrogen (secondary N) is 1. The molecule has 30 heavy (non-hydrogen) atoms. The molecule has 1 saturated heterocycles. The van der Waals surface area contributed by atoms with Crippen LogP contribution in [0.25, 0.3) is 4.85 Å². The molecule has 6 heteroatoms. The van der Waals surface area contributed by atoms with E-state index in [9.17, 15) is 4.79 Å². The summed E-state index contributed by atoms with van der Waals surface area (Å²) in [7, 11) is 0. The number of anilines is 1. The number of nitrogens with zero attached hydrogens (tertiary/aromatic N) is 3. The van der Waals surface area contributed by atoms with E-state index in [1.165, 1.54) is 11.1 Å². The lowest BCUT2D eigenvalue weighted by atomic mass is 10.1. The minimum Gasteiger partial charge on any atom is -0.367 e. The first-order valence-electron chi connectivity index (χ1n) is 10.5. The highest BCUT2D eigenvalue weighted by molar-refractivity contribution is 6.33. The van der Waals surface area contributed by atoms with Crippen LogP contribution < -0.4 is 10.2 Å². The lowest BCUT2D eigenvalue weighted by molar-refractivity contribution is 0.0940. The Morgan fingerprint density at radius 2 is 1.97 bits per heavy atom. The molecule has 0 unspecified atom stereocenters. The van der Waals surface area contributed by atoms with Crippen LogP contribution in [0, 0.1) is 6.57 Å². The molecule has 1 fully saturated rings. The first kappa shape index (κ1) is 20.7. The van der Waals surface area contributed by atoms with E-state index in [1.54, 1.807) is 6.07 Å². The highest BCUT2D eigenvalue weighted by atomic mass is 35.5. The SMILES string of the molecule is [C-]#[N+]c1ccc(N2C[C@H](NC(=O)c3ccc4c(c3)CN(C(C)C)C4)C[C@@H]2C)cc1Cl. The van der Waals surface area contributed by atoms with Crippen LogP contribution in [0.4, 0.5) is 11.4 Å². The van der Waals surface area contributed by atoms with Crippen molar-refractivity contribution in [1.82, 2.24) is 10.2 Å². The number of rotatable bonds is 4. The highest BCUT2D eigenvalue weighted by Gasteiger charge is 2.31. The van der Waals surface area contributed by atoms with Gasteiger partial charge in [-0.3, -0.25) is 9.69 Å². The van der Waals surface area contributed by atoms with Gasteiger partial charge in [-0.1, -0.05) is 23.7 Å². The third-order valence-corrected chi connectivity index (χ3v) is 6.54. The number of carbonyl (C=O) groups is 1. The summed E-state index contributed by atoms with van der Waals surface area (Å²) in [6, 6.07) is 12.5. The van der Waals surface area contributed by atoms with Gasteiger partial charge in [0.25, 0.3) is 5.91 Å². The van der Waals surface area contributed by atoms with Crippen molar-refractivity contribution in [3.8, 4) is 0 Å². The van der Waals surface area contributed by atoms with Gasteiger partial charge in [-0.25, -0.2) is 4.85 Å². The third-order valence-electron chi connectivity index (χ3n) is 6.24. The zero-order valence-corrected chi connectivity index (χ0v) is 18.4. The van der Waals surface area contributed by atoms with E-state index in [1.807, 2.05) is 24.3 Å². The Morgan fingerprint density at radius 1 is 1.20 bits per heavy atom. The van der Waals surface area contributed by atoms with Crippen LogP contribution in [0.3, 0.4) is 0 Å². The van der Waals surface area contributed by atoms with Gasteiger partial charge in [0.15, 0.2) is 0 Å². The Labute approximate surface area is 183 Å². The second-order valence-electron chi connectivity index (χ2n) is 8.64. The van der Waals surface area contributed by atoms with Crippen molar-refractivity contribution in [2.24, 2.45) is 0 Å². The van der Waals surface area contributed by atoms with Crippen molar-refractivity contribution in [2.75, 3.05) is 11.4 Å². The molecule has 2 aliphatic rings. The quantitative estimate of drug-likeness (QED) is 0.704. The van der Waals surface area contributed by atoms with Gasteiger partial charge >= 0.3 is 0 Å². The van der Waals surface area contributed by atoms with Crippen molar-refractivity contribution >= 4 is 28.9 Å². The number of halogens is 1. The smallest absolute Gasteiger partial charge is 0.251 e. The number of hydrogen-bond acceptors (Lipinski definition) is 3. The predicted molar refractivity (Wildman–Crippen MR) is 121 cm³/mol. The summed E-state index contributed by atoms with van der Waals surface area (Å²) in [5, 5.41) is 3.68. The van der Waals surface area contributed by atoms with E-state index in [-0.39, 0.29) is 18.0 Å². The minimum absolute atomic E-state index is 0.0127. The average Bonchev–Trinajstić information content (AvgIpc) is 3.30. The minimum atomic E-state index is -0.0127. The van der Waals surface area contributed by atoms with Crippen LogP contribution in [-0.2, 0) is 13.1 Å². The van der Waals surface area contributed by atoms with Gasteiger partial charge in [-0.2, -0.15) is 0 Å². The van der Waals surface area contributed by atoms with E-state index in [2.05, 4.69) is 46.8 Å². The largest absolute Gasteiger partial charge is 0.367 e. The van der Waals surface area contributed by atoms with Crippen LogP contribution in [0.1, 0.15) is 48.7 Å². The van der Waals surface area contributed by atoms with Crippen molar-refractivity contribution < 1.29 is 4.79 Å². The molecule has 0 saturated carbocycles. The molecule has 0 bridgehead atoms. The summed E-state index contributed by atoms with van der Waals surface area (Å²) < 4.78 is 0. The highest BCUT2D eigenvalue weighted by Crippen LogP contribution is 2.33. The molecule has 0 aromatic heterocycles. The van der Waals surface area contributed by atoms with Crippen molar-refractivity contribution in [2.45, 2.75) is 58.4 Å². The maximum absolute atomic E-state index is 12.9. The fourth-order valence-corrected chi connectivity index (χ4v) is 4.67. The Kier molecular flexibility index (Phi) is 5.73. The molecule has 2 aromatic carbocycles. The van der Waals surface area contributed by atoms with Crippen molar-refractivity contribution in [3.05, 3.63) is 69.5 Å². The molecule has 1 amide bonds. The van der Waals surface area contributed by atoms with Crippen LogP contribution in [0.2, 0.25) is 5.02 Å². The molecule has 2 atom stereocenters. The van der Waals surface area contributed by atoms with Gasteiger partial charge in [0.1, 0.15) is 0 Å². The molecule has 5 nitrogen and oxygen atoms in total. The van der Waals surface area contributed by atoms with Crippen molar-refractivity contribution in [1.29, 1.82) is 0 Å². The van der Waals surface area contributed by atoms with Crippen molar-refractivity contribution in [3.63, 3.8) is 0 Å². The molecular formula is C24H27ClN4O. The van der Waals surface area contributed by atoms with Crippen LogP contribution in [-0.4, -0.2) is 35.5 Å². The molecule has 2 heterocycles. The number of fused-ring (bicyclic) bond motifs is 1. The summed E-state index contributed by atoms with van der Waals surface area (Å²) in [4.78, 5) is 21.0. The predicted octanol–water partition coefficient (Wildman–Crippen LogP) is 5.01. The molecule has 0 radical (unpaired) electrons. The lowest BCUT2D eigenvalue weighted by Crippen LogP contribution is -2.37. The second-order valence-corrected chi connectivity index (χ2v) is 9.04. The normalized spacial score (nSPS) is 21.0. The lowest BCUT2D eigenvalue weighted by Gasteiger charge is -2.24. The molecule has 2 aromatic rings. The molecular weight excluding hydrogens is 396 g/mol. The summed E-state index contributed by atoms with van der Waals surface area (Å²) >= 11 is 6.22. The number of amides is 1. The molecule has 0 aliphatic carbocycles. The zero-order valence-electron chi connectivity index (χ0n) is 17.7. The van der Waals surface area contributed by atoms with E-state index in [0.717, 1.165) is 37.3 Å². The van der Waals surface area contributed by atoms with E-state index in [4.69, 9.17) is 18.2 Å². The maximum atomic E-state index is 12.9. The first-order valence-corrected chi connectivity index (χ1v) is 10.8. The number of benzene rings is 2. The second kappa shape index (κ2) is 8.29. The first-order chi connectivity index (χ1) is 14.4. The zero-order chi connectivity index (χ0) is 21.4. The molecule has 2 aliphatic heterocycles. The van der Waals surface area contributed by atoms with Gasteiger partial charge in [-0.05, 0) is 62.6 Å². The van der Waals surface area contributed by atoms with Gasteiger partial charge in [-0.15, -0.1) is 0 Å². The third kappa shape index (κ3) is 4.03. The molecule has 156 valence electrons. The Hall–Kier alpha value is -2.55. The summed E-state index contributed by atoms with van der Waals surface area (Å²) in [5.41, 5.74) is 4.76. The van der Waals surface area contributed by atoms with Crippen LogP contribution >= 0.6 is 11.6 Å². The molecule has 0 spiro atoms. The standard InChI is InChI=1S/C24H27ClN4O/c1-15(2)28-12-18-6-5-17(10-19(18)13-28)24(30)27-20-9-16(3)29(14-20)21-7-8-23(26-4)22(25)11-21/h5-8,10-11,15-16,20H,9,12-14H2,1-3H3,(H,27,30)/t16-,20+/m0/s1. The maximum Gasteiger partial charge on any atom is 0.251 e. The summed E-state index contributed by atoms with van der Waals surface area (Å²) in [5.74, 6) is -0.0127.